The van der Waals surface area contributed by atoms with Crippen LogP contribution in [0.4, 0.5) is 0 Å². The molecule has 256 valence electrons. The molecular weight excluding hydrogens is 675 g/mol. The van der Waals surface area contributed by atoms with E-state index in [1.807, 2.05) is 36.4 Å². The monoisotopic (exact) mass is 703 g/mol. The van der Waals surface area contributed by atoms with Gasteiger partial charge in [-0.1, -0.05) is 109 Å². The van der Waals surface area contributed by atoms with E-state index in [2.05, 4.69) is 149 Å². The topological polar surface area (TPSA) is 57.8 Å². The number of rotatable bonds is 4. The van der Waals surface area contributed by atoms with Crippen molar-refractivity contribution in [3.63, 3.8) is 0 Å². The Morgan fingerprint density at radius 1 is 0.418 bits per heavy atom. The van der Waals surface area contributed by atoms with Gasteiger partial charge >= 0.3 is 0 Å². The number of ether oxygens (including phenoxy) is 1. The van der Waals surface area contributed by atoms with E-state index < -0.39 is 0 Å². The van der Waals surface area contributed by atoms with Crippen LogP contribution in [0.3, 0.4) is 0 Å². The highest BCUT2D eigenvalue weighted by Gasteiger charge is 2.27. The molecule has 0 saturated carbocycles. The van der Waals surface area contributed by atoms with Crippen LogP contribution in [0, 0.1) is 0 Å². The Bertz CT molecular complexity index is 3350. The summed E-state index contributed by atoms with van der Waals surface area (Å²) in [5.74, 6) is 1.85. The lowest BCUT2D eigenvalue weighted by atomic mass is 10.0. The minimum absolute atomic E-state index is 0.521. The first-order chi connectivity index (χ1) is 27.3. The summed E-state index contributed by atoms with van der Waals surface area (Å²) in [4.78, 5) is 15.6. The van der Waals surface area contributed by atoms with E-state index in [1.54, 1.807) is 0 Å². The molecule has 7 aromatic carbocycles. The first kappa shape index (κ1) is 29.9. The Labute approximate surface area is 315 Å². The average Bonchev–Trinajstić information content (AvgIpc) is 3.76. The van der Waals surface area contributed by atoms with Crippen LogP contribution in [-0.2, 0) is 0 Å². The number of pyridine rings is 1. The number of nitrogens with zero attached hydrogens (tertiary/aromatic N) is 5. The first-order valence-electron chi connectivity index (χ1n) is 18.4. The van der Waals surface area contributed by atoms with Crippen molar-refractivity contribution in [3.05, 3.63) is 176 Å². The smallest absolute Gasteiger partial charge is 0.235 e. The summed E-state index contributed by atoms with van der Waals surface area (Å²) >= 11 is 0. The van der Waals surface area contributed by atoms with Gasteiger partial charge in [-0.25, -0.2) is 15.0 Å². The van der Waals surface area contributed by atoms with Crippen LogP contribution in [-0.4, -0.2) is 24.1 Å². The number of fused-ring (bicyclic) bond motifs is 8. The van der Waals surface area contributed by atoms with Gasteiger partial charge in [0.15, 0.2) is 0 Å². The summed E-state index contributed by atoms with van der Waals surface area (Å²) in [6.07, 6.45) is 0. The van der Waals surface area contributed by atoms with Crippen LogP contribution < -0.4 is 4.74 Å². The number of hydrogen-bond donors (Lipinski definition) is 0. The molecule has 0 amide bonds. The van der Waals surface area contributed by atoms with Gasteiger partial charge in [0, 0.05) is 38.4 Å². The molecule has 0 saturated heterocycles. The number of hydrogen-bond acceptors (Lipinski definition) is 4. The minimum Gasteiger partial charge on any atom is -0.437 e. The van der Waals surface area contributed by atoms with E-state index in [1.165, 1.54) is 27.4 Å². The summed E-state index contributed by atoms with van der Waals surface area (Å²) < 4.78 is 11.0. The Kier molecular flexibility index (Phi) is 6.24. The van der Waals surface area contributed by atoms with Crippen molar-refractivity contribution < 1.29 is 4.74 Å². The predicted octanol–water partition coefficient (Wildman–Crippen LogP) is 12.3. The highest BCUT2D eigenvalue weighted by Crippen LogP contribution is 2.46. The first-order valence-corrected chi connectivity index (χ1v) is 18.4. The van der Waals surface area contributed by atoms with Gasteiger partial charge in [-0.2, -0.15) is 0 Å². The fraction of sp³-hybridized carbons (Fsp3) is 0. The van der Waals surface area contributed by atoms with E-state index in [0.29, 0.717) is 11.8 Å². The molecule has 0 spiro atoms. The third-order valence-corrected chi connectivity index (χ3v) is 10.9. The van der Waals surface area contributed by atoms with E-state index in [4.69, 9.17) is 19.7 Å². The third-order valence-electron chi connectivity index (χ3n) is 10.9. The maximum Gasteiger partial charge on any atom is 0.235 e. The zero-order valence-corrected chi connectivity index (χ0v) is 29.4. The van der Waals surface area contributed by atoms with Crippen molar-refractivity contribution in [2.24, 2.45) is 0 Å². The van der Waals surface area contributed by atoms with Gasteiger partial charge in [-0.15, -0.1) is 0 Å². The molecule has 6 heteroatoms. The normalized spacial score (nSPS) is 12.1. The molecule has 5 heterocycles. The van der Waals surface area contributed by atoms with E-state index in [-0.39, 0.29) is 0 Å². The van der Waals surface area contributed by atoms with Crippen molar-refractivity contribution in [1.29, 1.82) is 0 Å². The predicted molar refractivity (Wildman–Crippen MR) is 222 cm³/mol. The second-order valence-corrected chi connectivity index (χ2v) is 14.0. The molecule has 1 aliphatic heterocycles. The van der Waals surface area contributed by atoms with Gasteiger partial charge in [0.2, 0.25) is 11.8 Å². The number of benzene rings is 7. The van der Waals surface area contributed by atoms with Crippen molar-refractivity contribution in [2.45, 2.75) is 0 Å². The Hall–Kier alpha value is -7.57. The highest BCUT2D eigenvalue weighted by molar-refractivity contribution is 6.13. The summed E-state index contributed by atoms with van der Waals surface area (Å²) in [7, 11) is 0. The molecule has 6 nitrogen and oxygen atoms in total. The van der Waals surface area contributed by atoms with Crippen molar-refractivity contribution >= 4 is 54.5 Å². The summed E-state index contributed by atoms with van der Waals surface area (Å²) in [6.45, 7) is 0. The number of aromatic nitrogens is 5. The van der Waals surface area contributed by atoms with Crippen molar-refractivity contribution in [2.75, 3.05) is 0 Å². The zero-order chi connectivity index (χ0) is 36.0. The molecule has 11 aromatic rings. The molecule has 0 unspecified atom stereocenters. The van der Waals surface area contributed by atoms with Gasteiger partial charge in [0.05, 0.1) is 44.4 Å². The SMILES string of the molecule is c1ccc(-c2cc3nc(-n4c5ccccc5c5cc(-c6ccc7c(c6)c6ccccc6n7-c6ccccc6)ccc54)nc4c3c(n2)Oc2ccccc2-4)cc1. The molecular formula is C49H29N5O. The lowest BCUT2D eigenvalue weighted by Gasteiger charge is -2.21. The quantitative estimate of drug-likeness (QED) is 0.183. The molecule has 12 rings (SSSR count). The van der Waals surface area contributed by atoms with Gasteiger partial charge in [-0.05, 0) is 77.9 Å². The van der Waals surface area contributed by atoms with E-state index in [9.17, 15) is 0 Å². The second kappa shape index (κ2) is 11.5. The van der Waals surface area contributed by atoms with Crippen LogP contribution in [0.15, 0.2) is 176 Å². The Balaban J connectivity index is 1.07. The largest absolute Gasteiger partial charge is 0.437 e. The number of para-hydroxylation sites is 4. The van der Waals surface area contributed by atoms with Crippen LogP contribution in [0.1, 0.15) is 0 Å². The molecule has 0 bridgehead atoms. The van der Waals surface area contributed by atoms with E-state index >= 15 is 0 Å². The van der Waals surface area contributed by atoms with Crippen LogP contribution >= 0.6 is 0 Å². The maximum absolute atomic E-state index is 6.41. The molecule has 55 heavy (non-hydrogen) atoms. The lowest BCUT2D eigenvalue weighted by molar-refractivity contribution is 0.467. The summed E-state index contributed by atoms with van der Waals surface area (Å²) in [6, 6.07) is 61.6. The van der Waals surface area contributed by atoms with Crippen LogP contribution in [0.5, 0.6) is 11.6 Å². The Morgan fingerprint density at radius 3 is 1.73 bits per heavy atom. The van der Waals surface area contributed by atoms with Crippen molar-refractivity contribution in [1.82, 2.24) is 24.1 Å². The molecule has 1 aliphatic rings. The molecule has 0 fully saturated rings. The van der Waals surface area contributed by atoms with Crippen LogP contribution in [0.25, 0.3) is 99.8 Å². The van der Waals surface area contributed by atoms with Crippen LogP contribution in [0.2, 0.25) is 0 Å². The van der Waals surface area contributed by atoms with Crippen molar-refractivity contribution in [3.8, 4) is 56.9 Å². The van der Waals surface area contributed by atoms with Gasteiger partial charge < -0.3 is 9.30 Å². The van der Waals surface area contributed by atoms with Gasteiger partial charge in [-0.3, -0.25) is 4.57 Å². The molecule has 0 N–H and O–H groups in total. The average molecular weight is 704 g/mol. The standard InChI is InChI=1S/C49H29N5O/c1-3-13-30(14-4-1)39-29-40-46-47(36-19-9-12-22-45(36)55-48(46)50-39)52-49(51-40)54-42-21-11-8-18-35(42)38-28-32(24-26-44(38)54)31-23-25-43-37(27-31)34-17-7-10-20-41(34)53(43)33-15-5-2-6-16-33/h1-29H. The molecule has 0 atom stereocenters. The minimum atomic E-state index is 0.521. The molecule has 0 aliphatic carbocycles. The lowest BCUT2D eigenvalue weighted by Crippen LogP contribution is -2.08. The zero-order valence-electron chi connectivity index (χ0n) is 29.4. The van der Waals surface area contributed by atoms with E-state index in [0.717, 1.165) is 72.2 Å². The molecule has 4 aromatic heterocycles. The third kappa shape index (κ3) is 4.46. The van der Waals surface area contributed by atoms with Gasteiger partial charge in [0.25, 0.3) is 0 Å². The summed E-state index contributed by atoms with van der Waals surface area (Å²) in [5, 5.41) is 5.56. The fourth-order valence-electron chi connectivity index (χ4n) is 8.46. The molecule has 0 radical (unpaired) electrons. The maximum atomic E-state index is 6.41. The van der Waals surface area contributed by atoms with Gasteiger partial charge in [0.1, 0.15) is 5.75 Å². The Morgan fingerprint density at radius 2 is 1.00 bits per heavy atom. The highest BCUT2D eigenvalue weighted by atomic mass is 16.5. The fourth-order valence-corrected chi connectivity index (χ4v) is 8.46. The summed E-state index contributed by atoms with van der Waals surface area (Å²) in [5.41, 5.74) is 12.2. The second-order valence-electron chi connectivity index (χ2n) is 14.0.